The van der Waals surface area contributed by atoms with Crippen LogP contribution in [0.1, 0.15) is 45.4 Å². The third-order valence-electron chi connectivity index (χ3n) is 2.96. The predicted molar refractivity (Wildman–Crippen MR) is 62.1 cm³/mol. The van der Waals surface area contributed by atoms with Gasteiger partial charge in [-0.1, -0.05) is 6.92 Å². The molecule has 0 radical (unpaired) electrons. The van der Waals surface area contributed by atoms with Gasteiger partial charge in [-0.05, 0) is 32.1 Å². The standard InChI is InChI=1S/C12H23NO3/c1-2-10(14)6-7-13-12(15)9-11-5-3-4-8-16-11/h10-11,14H,2-9H2,1H3,(H,13,15). The number of aliphatic hydroxyl groups excluding tert-OH is 1. The van der Waals surface area contributed by atoms with E-state index < -0.39 is 0 Å². The van der Waals surface area contributed by atoms with Crippen molar-refractivity contribution < 1.29 is 14.6 Å². The predicted octanol–water partition coefficient (Wildman–Crippen LogP) is 1.22. The van der Waals surface area contributed by atoms with Crippen LogP contribution >= 0.6 is 0 Å². The quantitative estimate of drug-likeness (QED) is 0.720. The number of amides is 1. The third kappa shape index (κ3) is 5.47. The molecule has 1 fully saturated rings. The first kappa shape index (κ1) is 13.5. The Balaban J connectivity index is 2.05. The second kappa shape index (κ2) is 7.63. The van der Waals surface area contributed by atoms with Gasteiger partial charge in [0.15, 0.2) is 0 Å². The van der Waals surface area contributed by atoms with Gasteiger partial charge in [0, 0.05) is 13.2 Å². The van der Waals surface area contributed by atoms with Gasteiger partial charge in [-0.3, -0.25) is 4.79 Å². The molecule has 1 heterocycles. The van der Waals surface area contributed by atoms with Crippen LogP contribution in [0.25, 0.3) is 0 Å². The molecule has 0 aromatic heterocycles. The van der Waals surface area contributed by atoms with Crippen LogP contribution in [-0.2, 0) is 9.53 Å². The Morgan fingerprint density at radius 1 is 1.56 bits per heavy atom. The molecule has 1 aliphatic heterocycles. The van der Waals surface area contributed by atoms with Crippen molar-refractivity contribution in [2.24, 2.45) is 0 Å². The highest BCUT2D eigenvalue weighted by molar-refractivity contribution is 5.76. The largest absolute Gasteiger partial charge is 0.393 e. The summed E-state index contributed by atoms with van der Waals surface area (Å²) in [7, 11) is 0. The maximum absolute atomic E-state index is 11.5. The lowest BCUT2D eigenvalue weighted by atomic mass is 10.1. The van der Waals surface area contributed by atoms with Gasteiger partial charge in [-0.2, -0.15) is 0 Å². The van der Waals surface area contributed by atoms with E-state index >= 15 is 0 Å². The molecule has 0 saturated carbocycles. The van der Waals surface area contributed by atoms with E-state index in [1.54, 1.807) is 0 Å². The van der Waals surface area contributed by atoms with Crippen molar-refractivity contribution in [3.05, 3.63) is 0 Å². The number of hydrogen-bond acceptors (Lipinski definition) is 3. The molecule has 1 rings (SSSR count). The Morgan fingerprint density at radius 2 is 2.38 bits per heavy atom. The minimum atomic E-state index is -0.300. The normalized spacial score (nSPS) is 22.8. The highest BCUT2D eigenvalue weighted by Crippen LogP contribution is 2.15. The summed E-state index contributed by atoms with van der Waals surface area (Å²) in [4.78, 5) is 11.5. The molecule has 2 N–H and O–H groups in total. The minimum absolute atomic E-state index is 0.0372. The second-order valence-corrected chi connectivity index (χ2v) is 4.39. The summed E-state index contributed by atoms with van der Waals surface area (Å²) in [6.07, 6.45) is 4.90. The van der Waals surface area contributed by atoms with Gasteiger partial charge in [0.1, 0.15) is 0 Å². The highest BCUT2D eigenvalue weighted by Gasteiger charge is 2.17. The average molecular weight is 229 g/mol. The molecular formula is C12H23NO3. The average Bonchev–Trinajstić information content (AvgIpc) is 2.30. The number of rotatable bonds is 6. The van der Waals surface area contributed by atoms with E-state index in [0.29, 0.717) is 19.4 Å². The van der Waals surface area contributed by atoms with Crippen molar-refractivity contribution in [1.82, 2.24) is 5.32 Å². The summed E-state index contributed by atoms with van der Waals surface area (Å²) in [5.74, 6) is 0.0372. The summed E-state index contributed by atoms with van der Waals surface area (Å²) in [6, 6.07) is 0. The van der Waals surface area contributed by atoms with Crippen molar-refractivity contribution in [3.8, 4) is 0 Å². The van der Waals surface area contributed by atoms with Crippen LogP contribution in [0.2, 0.25) is 0 Å². The van der Waals surface area contributed by atoms with Gasteiger partial charge in [0.25, 0.3) is 0 Å². The van der Waals surface area contributed by atoms with Gasteiger partial charge < -0.3 is 15.2 Å². The fraction of sp³-hybridized carbons (Fsp3) is 0.917. The van der Waals surface area contributed by atoms with Crippen molar-refractivity contribution in [1.29, 1.82) is 0 Å². The van der Waals surface area contributed by atoms with Crippen molar-refractivity contribution in [2.45, 2.75) is 57.7 Å². The highest BCUT2D eigenvalue weighted by atomic mass is 16.5. The third-order valence-corrected chi connectivity index (χ3v) is 2.96. The molecule has 4 nitrogen and oxygen atoms in total. The van der Waals surface area contributed by atoms with E-state index in [-0.39, 0.29) is 18.1 Å². The number of hydrogen-bond donors (Lipinski definition) is 2. The summed E-state index contributed by atoms with van der Waals surface area (Å²) in [6.45, 7) is 3.27. The smallest absolute Gasteiger partial charge is 0.222 e. The topological polar surface area (TPSA) is 58.6 Å². The van der Waals surface area contributed by atoms with Crippen molar-refractivity contribution >= 4 is 5.91 Å². The summed E-state index contributed by atoms with van der Waals surface area (Å²) in [5.41, 5.74) is 0. The van der Waals surface area contributed by atoms with Gasteiger partial charge >= 0.3 is 0 Å². The van der Waals surface area contributed by atoms with Crippen LogP contribution in [-0.4, -0.2) is 36.4 Å². The summed E-state index contributed by atoms with van der Waals surface area (Å²) >= 11 is 0. The first-order valence-corrected chi connectivity index (χ1v) is 6.28. The fourth-order valence-corrected chi connectivity index (χ4v) is 1.83. The Labute approximate surface area is 97.4 Å². The zero-order valence-electron chi connectivity index (χ0n) is 10.1. The minimum Gasteiger partial charge on any atom is -0.393 e. The molecule has 2 atom stereocenters. The molecule has 0 aliphatic carbocycles. The maximum Gasteiger partial charge on any atom is 0.222 e. The number of carbonyl (C=O) groups is 1. The van der Waals surface area contributed by atoms with E-state index in [2.05, 4.69) is 5.32 Å². The number of ether oxygens (including phenoxy) is 1. The molecule has 0 bridgehead atoms. The van der Waals surface area contributed by atoms with Gasteiger partial charge in [-0.25, -0.2) is 0 Å². The maximum atomic E-state index is 11.5. The summed E-state index contributed by atoms with van der Waals surface area (Å²) in [5, 5.41) is 12.1. The van der Waals surface area contributed by atoms with E-state index in [1.807, 2.05) is 6.92 Å². The fourth-order valence-electron chi connectivity index (χ4n) is 1.83. The molecule has 0 aromatic carbocycles. The molecule has 16 heavy (non-hydrogen) atoms. The SMILES string of the molecule is CCC(O)CCNC(=O)CC1CCCCO1. The lowest BCUT2D eigenvalue weighted by molar-refractivity contribution is -0.124. The first-order valence-electron chi connectivity index (χ1n) is 6.28. The van der Waals surface area contributed by atoms with Gasteiger partial charge in [0.05, 0.1) is 18.6 Å². The lowest BCUT2D eigenvalue weighted by Crippen LogP contribution is -2.32. The molecule has 94 valence electrons. The van der Waals surface area contributed by atoms with E-state index in [4.69, 9.17) is 4.74 Å². The van der Waals surface area contributed by atoms with Crippen LogP contribution in [0.15, 0.2) is 0 Å². The Hall–Kier alpha value is -0.610. The Bertz CT molecular complexity index is 202. The first-order chi connectivity index (χ1) is 7.72. The van der Waals surface area contributed by atoms with E-state index in [1.165, 1.54) is 0 Å². The van der Waals surface area contributed by atoms with E-state index in [0.717, 1.165) is 32.3 Å². The van der Waals surface area contributed by atoms with Crippen molar-refractivity contribution in [2.75, 3.05) is 13.2 Å². The van der Waals surface area contributed by atoms with Crippen LogP contribution in [0.4, 0.5) is 0 Å². The van der Waals surface area contributed by atoms with Crippen molar-refractivity contribution in [3.63, 3.8) is 0 Å². The summed E-state index contributed by atoms with van der Waals surface area (Å²) < 4.78 is 5.49. The van der Waals surface area contributed by atoms with Gasteiger partial charge in [0.2, 0.25) is 5.91 Å². The molecule has 4 heteroatoms. The molecule has 0 aromatic rings. The van der Waals surface area contributed by atoms with Crippen LogP contribution in [0, 0.1) is 0 Å². The zero-order valence-corrected chi connectivity index (χ0v) is 10.1. The van der Waals surface area contributed by atoms with Crippen LogP contribution < -0.4 is 5.32 Å². The number of carbonyl (C=O) groups excluding carboxylic acids is 1. The van der Waals surface area contributed by atoms with E-state index in [9.17, 15) is 9.90 Å². The Morgan fingerprint density at radius 3 is 3.00 bits per heavy atom. The molecule has 2 unspecified atom stereocenters. The molecule has 1 saturated heterocycles. The second-order valence-electron chi connectivity index (χ2n) is 4.39. The lowest BCUT2D eigenvalue weighted by Gasteiger charge is -2.22. The number of nitrogens with one attached hydrogen (secondary N) is 1. The molecule has 1 amide bonds. The molecule has 0 spiro atoms. The number of aliphatic hydroxyl groups is 1. The van der Waals surface area contributed by atoms with Crippen LogP contribution in [0.3, 0.4) is 0 Å². The van der Waals surface area contributed by atoms with Crippen LogP contribution in [0.5, 0.6) is 0 Å². The van der Waals surface area contributed by atoms with Gasteiger partial charge in [-0.15, -0.1) is 0 Å². The molecule has 1 aliphatic rings. The monoisotopic (exact) mass is 229 g/mol. The molecular weight excluding hydrogens is 206 g/mol. The zero-order chi connectivity index (χ0) is 11.8. The Kier molecular flexibility index (Phi) is 6.42.